The molecule has 0 aliphatic carbocycles. The van der Waals surface area contributed by atoms with Crippen molar-refractivity contribution < 1.29 is 9.59 Å². The Balaban J connectivity index is 2.57. The molecule has 0 aromatic heterocycles. The highest BCUT2D eigenvalue weighted by atomic mass is 32.2. The van der Waals surface area contributed by atoms with E-state index in [9.17, 15) is 9.59 Å². The van der Waals surface area contributed by atoms with Crippen LogP contribution in [0.15, 0.2) is 29.2 Å². The Hall–Kier alpha value is -1.29. The molecule has 1 rings (SSSR count). The van der Waals surface area contributed by atoms with Crippen LogP contribution in [0.2, 0.25) is 0 Å². The summed E-state index contributed by atoms with van der Waals surface area (Å²) in [6, 6.07) is 7.27. The van der Waals surface area contributed by atoms with E-state index < -0.39 is 0 Å². The highest BCUT2D eigenvalue weighted by Gasteiger charge is 2.08. The zero-order chi connectivity index (χ0) is 11.3. The van der Waals surface area contributed by atoms with Crippen molar-refractivity contribution in [3.8, 4) is 0 Å². The Morgan fingerprint density at radius 1 is 1.60 bits per heavy atom. The zero-order valence-corrected chi connectivity index (χ0v) is 9.29. The lowest BCUT2D eigenvalue weighted by Crippen LogP contribution is -2.22. The Morgan fingerprint density at radius 3 is 2.93 bits per heavy atom. The summed E-state index contributed by atoms with van der Waals surface area (Å²) in [6.45, 7) is 1.79. The van der Waals surface area contributed by atoms with E-state index in [4.69, 9.17) is 5.73 Å². The van der Waals surface area contributed by atoms with Gasteiger partial charge in [-0.1, -0.05) is 19.1 Å². The van der Waals surface area contributed by atoms with E-state index in [1.165, 1.54) is 11.8 Å². The molecular formula is C11H13NO2S. The van der Waals surface area contributed by atoms with Crippen molar-refractivity contribution in [2.45, 2.75) is 11.8 Å². The predicted octanol–water partition coefficient (Wildman–Crippen LogP) is 1.71. The molecule has 1 aromatic rings. The highest BCUT2D eigenvalue weighted by molar-refractivity contribution is 7.99. The van der Waals surface area contributed by atoms with Gasteiger partial charge in [-0.15, -0.1) is 11.8 Å². The minimum Gasteiger partial charge on any atom is -0.369 e. The minimum atomic E-state index is -0.297. The fourth-order valence-electron chi connectivity index (χ4n) is 0.981. The van der Waals surface area contributed by atoms with Crippen molar-refractivity contribution >= 4 is 24.0 Å². The van der Waals surface area contributed by atoms with Crippen LogP contribution in [0.3, 0.4) is 0 Å². The van der Waals surface area contributed by atoms with E-state index in [1.54, 1.807) is 19.1 Å². The van der Waals surface area contributed by atoms with Crippen molar-refractivity contribution in [2.75, 3.05) is 5.75 Å². The van der Waals surface area contributed by atoms with Gasteiger partial charge in [-0.05, 0) is 12.1 Å². The molecule has 0 saturated heterocycles. The molecule has 0 fully saturated rings. The molecule has 15 heavy (non-hydrogen) atoms. The summed E-state index contributed by atoms with van der Waals surface area (Å²) in [5.41, 5.74) is 5.79. The molecule has 4 heteroatoms. The summed E-state index contributed by atoms with van der Waals surface area (Å²) in [5.74, 6) is 0.182. The van der Waals surface area contributed by atoms with E-state index in [1.807, 2.05) is 12.1 Å². The van der Waals surface area contributed by atoms with E-state index >= 15 is 0 Å². The molecule has 0 spiro atoms. The third-order valence-electron chi connectivity index (χ3n) is 1.98. The van der Waals surface area contributed by atoms with Gasteiger partial charge in [0.25, 0.3) is 0 Å². The number of rotatable bonds is 5. The summed E-state index contributed by atoms with van der Waals surface area (Å²) in [5, 5.41) is 0. The van der Waals surface area contributed by atoms with Crippen LogP contribution in [0, 0.1) is 5.92 Å². The summed E-state index contributed by atoms with van der Waals surface area (Å²) in [7, 11) is 0. The average Bonchev–Trinajstić information content (AvgIpc) is 2.26. The SMILES string of the molecule is CC(CSc1cccc(C=O)c1)C(N)=O. The summed E-state index contributed by atoms with van der Waals surface area (Å²) in [6.07, 6.45) is 0.807. The van der Waals surface area contributed by atoms with Crippen LogP contribution in [-0.2, 0) is 4.79 Å². The summed E-state index contributed by atoms with van der Waals surface area (Å²) >= 11 is 1.53. The fraction of sp³-hybridized carbons (Fsp3) is 0.273. The lowest BCUT2D eigenvalue weighted by atomic mass is 10.2. The van der Waals surface area contributed by atoms with Gasteiger partial charge in [0.1, 0.15) is 6.29 Å². The normalized spacial score (nSPS) is 12.1. The van der Waals surface area contributed by atoms with Crippen molar-refractivity contribution in [1.29, 1.82) is 0 Å². The molecule has 0 bridgehead atoms. The Morgan fingerprint density at radius 2 is 2.33 bits per heavy atom. The second kappa shape index (κ2) is 5.56. The second-order valence-corrected chi connectivity index (χ2v) is 4.40. The van der Waals surface area contributed by atoms with Crippen molar-refractivity contribution in [3.05, 3.63) is 29.8 Å². The molecule has 1 atom stereocenters. The van der Waals surface area contributed by atoms with Gasteiger partial charge in [0.15, 0.2) is 0 Å². The Labute approximate surface area is 93.0 Å². The molecular weight excluding hydrogens is 210 g/mol. The monoisotopic (exact) mass is 223 g/mol. The first kappa shape index (κ1) is 11.8. The van der Waals surface area contributed by atoms with Gasteiger partial charge in [-0.25, -0.2) is 0 Å². The molecule has 0 aliphatic heterocycles. The van der Waals surface area contributed by atoms with Crippen LogP contribution in [0.4, 0.5) is 0 Å². The topological polar surface area (TPSA) is 60.2 Å². The third-order valence-corrected chi connectivity index (χ3v) is 3.23. The second-order valence-electron chi connectivity index (χ2n) is 3.30. The number of carbonyl (C=O) groups is 2. The summed E-state index contributed by atoms with van der Waals surface area (Å²) in [4.78, 5) is 22.3. The van der Waals surface area contributed by atoms with Crippen molar-refractivity contribution in [3.63, 3.8) is 0 Å². The number of carbonyl (C=O) groups excluding carboxylic acids is 2. The molecule has 0 radical (unpaired) electrons. The van der Waals surface area contributed by atoms with Gasteiger partial charge in [-0.2, -0.15) is 0 Å². The maximum Gasteiger partial charge on any atom is 0.221 e. The van der Waals surface area contributed by atoms with Crippen LogP contribution in [0.5, 0.6) is 0 Å². The molecule has 0 saturated carbocycles. The van der Waals surface area contributed by atoms with Crippen LogP contribution in [-0.4, -0.2) is 17.9 Å². The fourth-order valence-corrected chi connectivity index (χ4v) is 1.98. The van der Waals surface area contributed by atoms with Gasteiger partial charge >= 0.3 is 0 Å². The van der Waals surface area contributed by atoms with Crippen LogP contribution in [0.1, 0.15) is 17.3 Å². The number of aldehydes is 1. The smallest absolute Gasteiger partial charge is 0.221 e. The number of amides is 1. The number of thioether (sulfide) groups is 1. The third kappa shape index (κ3) is 3.75. The number of hydrogen-bond acceptors (Lipinski definition) is 3. The van der Waals surface area contributed by atoms with Crippen molar-refractivity contribution in [2.24, 2.45) is 11.7 Å². The Kier molecular flexibility index (Phi) is 4.37. The molecule has 1 unspecified atom stereocenters. The molecule has 2 N–H and O–H groups in total. The zero-order valence-electron chi connectivity index (χ0n) is 8.47. The van der Waals surface area contributed by atoms with E-state index in [2.05, 4.69) is 0 Å². The van der Waals surface area contributed by atoms with Gasteiger partial charge in [0.2, 0.25) is 5.91 Å². The molecule has 1 aromatic carbocycles. The first-order valence-electron chi connectivity index (χ1n) is 4.61. The van der Waals surface area contributed by atoms with Gasteiger partial charge < -0.3 is 5.73 Å². The predicted molar refractivity (Wildman–Crippen MR) is 60.9 cm³/mol. The molecule has 0 heterocycles. The standard InChI is InChI=1S/C11H13NO2S/c1-8(11(12)14)7-15-10-4-2-3-9(5-10)6-13/h2-6,8H,7H2,1H3,(H2,12,14). The highest BCUT2D eigenvalue weighted by Crippen LogP contribution is 2.21. The maximum absolute atomic E-state index is 10.8. The van der Waals surface area contributed by atoms with Gasteiger partial charge in [0, 0.05) is 22.1 Å². The Bertz CT molecular complexity index is 365. The molecule has 0 aliphatic rings. The van der Waals surface area contributed by atoms with Gasteiger partial charge in [0.05, 0.1) is 0 Å². The largest absolute Gasteiger partial charge is 0.369 e. The van der Waals surface area contributed by atoms with Gasteiger partial charge in [-0.3, -0.25) is 9.59 Å². The number of primary amides is 1. The maximum atomic E-state index is 10.8. The number of benzene rings is 1. The molecule has 80 valence electrons. The van der Waals surface area contributed by atoms with E-state index in [-0.39, 0.29) is 11.8 Å². The number of hydrogen-bond donors (Lipinski definition) is 1. The first-order chi connectivity index (χ1) is 7.13. The summed E-state index contributed by atoms with van der Waals surface area (Å²) < 4.78 is 0. The average molecular weight is 223 g/mol. The van der Waals surface area contributed by atoms with Crippen LogP contribution < -0.4 is 5.73 Å². The van der Waals surface area contributed by atoms with Crippen LogP contribution in [0.25, 0.3) is 0 Å². The molecule has 3 nitrogen and oxygen atoms in total. The minimum absolute atomic E-state index is 0.158. The lowest BCUT2D eigenvalue weighted by Gasteiger charge is -2.06. The lowest BCUT2D eigenvalue weighted by molar-refractivity contribution is -0.120. The first-order valence-corrected chi connectivity index (χ1v) is 5.59. The number of nitrogens with two attached hydrogens (primary N) is 1. The van der Waals surface area contributed by atoms with E-state index in [0.717, 1.165) is 11.2 Å². The quantitative estimate of drug-likeness (QED) is 0.610. The van der Waals surface area contributed by atoms with Crippen LogP contribution >= 0.6 is 11.8 Å². The van der Waals surface area contributed by atoms with E-state index in [0.29, 0.717) is 11.3 Å². The molecule has 1 amide bonds. The van der Waals surface area contributed by atoms with Crippen molar-refractivity contribution in [1.82, 2.24) is 0 Å².